The normalized spacial score (nSPS) is 19.0. The Hall–Kier alpha value is -2.82. The number of piperidine rings is 1. The molecule has 1 amide bonds. The number of carbonyl (C=O) groups excluding carboxylic acids is 1. The Bertz CT molecular complexity index is 1410. The molecule has 0 saturated carbocycles. The monoisotopic (exact) mass is 547 g/mol. The minimum Gasteiger partial charge on any atom is -0.351 e. The maximum absolute atomic E-state index is 13.9. The maximum Gasteiger partial charge on any atom is 0.416 e. The first kappa shape index (κ1) is 25.8. The first-order chi connectivity index (χ1) is 17.6. The predicted molar refractivity (Wildman–Crippen MR) is 141 cm³/mol. The van der Waals surface area contributed by atoms with Crippen molar-refractivity contribution in [3.05, 3.63) is 69.2 Å². The summed E-state index contributed by atoms with van der Waals surface area (Å²) in [6.45, 7) is 1.91. The lowest BCUT2D eigenvalue weighted by molar-refractivity contribution is -0.138. The van der Waals surface area contributed by atoms with E-state index in [1.807, 2.05) is 18.0 Å². The summed E-state index contributed by atoms with van der Waals surface area (Å²) in [5, 5.41) is 8.28. The molecule has 3 aromatic rings. The fraction of sp³-hybridized carbons (Fsp3) is 0.346. The Morgan fingerprint density at radius 3 is 2.70 bits per heavy atom. The minimum atomic E-state index is -4.59. The van der Waals surface area contributed by atoms with E-state index in [0.29, 0.717) is 21.2 Å². The molecule has 1 saturated heterocycles. The van der Waals surface area contributed by atoms with Crippen molar-refractivity contribution >= 4 is 50.9 Å². The molecule has 11 heteroatoms. The van der Waals surface area contributed by atoms with Gasteiger partial charge in [0.15, 0.2) is 5.17 Å². The lowest BCUT2D eigenvalue weighted by Gasteiger charge is -2.35. The van der Waals surface area contributed by atoms with Crippen molar-refractivity contribution in [1.82, 2.24) is 20.0 Å². The van der Waals surface area contributed by atoms with E-state index in [1.165, 1.54) is 23.9 Å². The SMILES string of the molecule is CN1CCC(N(C)C2=NC(=O)C(=C(Cc3ccc(Cl)cc3C(F)(F)F)c3ccc4[nH]ncc4c3)S2)CC1. The van der Waals surface area contributed by atoms with Crippen LogP contribution in [0.4, 0.5) is 13.2 Å². The van der Waals surface area contributed by atoms with Gasteiger partial charge in [0.25, 0.3) is 5.91 Å². The highest BCUT2D eigenvalue weighted by Crippen LogP contribution is 2.41. The van der Waals surface area contributed by atoms with Gasteiger partial charge in [-0.3, -0.25) is 9.89 Å². The molecule has 1 aromatic heterocycles. The number of amidine groups is 1. The number of alkyl halides is 3. The molecule has 1 N–H and O–H groups in total. The number of carbonyl (C=O) groups is 1. The van der Waals surface area contributed by atoms with Crippen molar-refractivity contribution in [2.75, 3.05) is 27.2 Å². The van der Waals surface area contributed by atoms with Crippen LogP contribution in [-0.2, 0) is 17.4 Å². The zero-order chi connectivity index (χ0) is 26.3. The predicted octanol–water partition coefficient (Wildman–Crippen LogP) is 5.84. The average molecular weight is 548 g/mol. The zero-order valence-corrected chi connectivity index (χ0v) is 21.8. The Labute approximate surface area is 221 Å². The molecule has 2 aliphatic rings. The zero-order valence-electron chi connectivity index (χ0n) is 20.3. The van der Waals surface area contributed by atoms with Gasteiger partial charge in [-0.2, -0.15) is 23.3 Å². The van der Waals surface area contributed by atoms with Gasteiger partial charge in [-0.25, -0.2) is 0 Å². The number of hydrogen-bond acceptors (Lipinski definition) is 5. The summed E-state index contributed by atoms with van der Waals surface area (Å²) in [5.41, 5.74) is 1.15. The Kier molecular flexibility index (Phi) is 7.08. The molecular weight excluding hydrogens is 523 g/mol. The Balaban J connectivity index is 1.55. The van der Waals surface area contributed by atoms with Crippen molar-refractivity contribution in [2.45, 2.75) is 31.5 Å². The van der Waals surface area contributed by atoms with Gasteiger partial charge in [-0.15, -0.1) is 0 Å². The average Bonchev–Trinajstić information content (AvgIpc) is 3.48. The number of amides is 1. The standard InChI is InChI=1S/C26H25ClF3N5OS/c1-34-9-7-19(8-10-34)35(2)25-32-24(36)23(37-25)20(15-4-6-22-17(11-15)14-31-33-22)12-16-3-5-18(27)13-21(16)26(28,29)30/h3-6,11,13-14,19H,7-10,12H2,1-2H3,(H,31,33). The molecule has 194 valence electrons. The number of thioether (sulfide) groups is 1. The van der Waals surface area contributed by atoms with Crippen LogP contribution in [0.1, 0.15) is 29.5 Å². The van der Waals surface area contributed by atoms with Crippen LogP contribution in [0.3, 0.4) is 0 Å². The minimum absolute atomic E-state index is 0.00165. The van der Waals surface area contributed by atoms with Gasteiger partial charge in [0.2, 0.25) is 0 Å². The third kappa shape index (κ3) is 5.42. The first-order valence-electron chi connectivity index (χ1n) is 11.8. The second-order valence-electron chi connectivity index (χ2n) is 9.40. The highest BCUT2D eigenvalue weighted by molar-refractivity contribution is 8.18. The summed E-state index contributed by atoms with van der Waals surface area (Å²) in [4.78, 5) is 22.2. The number of rotatable bonds is 4. The Morgan fingerprint density at radius 2 is 1.97 bits per heavy atom. The number of nitrogens with one attached hydrogen (secondary N) is 1. The van der Waals surface area contributed by atoms with Crippen LogP contribution in [0.25, 0.3) is 16.5 Å². The molecule has 1 fully saturated rings. The van der Waals surface area contributed by atoms with E-state index in [4.69, 9.17) is 11.6 Å². The largest absolute Gasteiger partial charge is 0.416 e. The number of fused-ring (bicyclic) bond motifs is 1. The van der Waals surface area contributed by atoms with Gasteiger partial charge in [-0.1, -0.05) is 23.7 Å². The van der Waals surface area contributed by atoms with Crippen molar-refractivity contribution < 1.29 is 18.0 Å². The van der Waals surface area contributed by atoms with Gasteiger partial charge < -0.3 is 9.80 Å². The third-order valence-electron chi connectivity index (χ3n) is 6.93. The van der Waals surface area contributed by atoms with Crippen LogP contribution < -0.4 is 0 Å². The van der Waals surface area contributed by atoms with Crippen LogP contribution in [-0.4, -0.2) is 64.3 Å². The van der Waals surface area contributed by atoms with E-state index in [0.717, 1.165) is 42.9 Å². The van der Waals surface area contributed by atoms with E-state index in [-0.39, 0.29) is 23.0 Å². The summed E-state index contributed by atoms with van der Waals surface area (Å²) in [7, 11) is 4.01. The molecule has 0 spiro atoms. The summed E-state index contributed by atoms with van der Waals surface area (Å²) in [6.07, 6.45) is -1.16. The summed E-state index contributed by atoms with van der Waals surface area (Å²) < 4.78 is 41.7. The molecular formula is C26H25ClF3N5OS. The van der Waals surface area contributed by atoms with Crippen LogP contribution in [0.15, 0.2) is 52.5 Å². The molecule has 0 aliphatic carbocycles. The molecule has 0 radical (unpaired) electrons. The molecule has 2 aliphatic heterocycles. The number of nitrogens with zero attached hydrogens (tertiary/aromatic N) is 4. The first-order valence-corrected chi connectivity index (χ1v) is 13.0. The van der Waals surface area contributed by atoms with Crippen LogP contribution in [0.5, 0.6) is 0 Å². The molecule has 2 aromatic carbocycles. The van der Waals surface area contributed by atoms with Crippen molar-refractivity contribution in [3.8, 4) is 0 Å². The van der Waals surface area contributed by atoms with Gasteiger partial charge in [0.1, 0.15) is 0 Å². The number of aromatic nitrogens is 2. The smallest absolute Gasteiger partial charge is 0.351 e. The van der Waals surface area contributed by atoms with Gasteiger partial charge in [0.05, 0.1) is 22.2 Å². The van der Waals surface area contributed by atoms with Crippen LogP contribution in [0, 0.1) is 0 Å². The summed E-state index contributed by atoms with van der Waals surface area (Å²) in [5.74, 6) is -0.440. The fourth-order valence-electron chi connectivity index (χ4n) is 4.78. The third-order valence-corrected chi connectivity index (χ3v) is 8.35. The van der Waals surface area contributed by atoms with Gasteiger partial charge >= 0.3 is 6.18 Å². The van der Waals surface area contributed by atoms with E-state index in [1.54, 1.807) is 18.3 Å². The van der Waals surface area contributed by atoms with Crippen LogP contribution in [0.2, 0.25) is 5.02 Å². The number of halogens is 4. The molecule has 6 nitrogen and oxygen atoms in total. The molecule has 0 bridgehead atoms. The molecule has 37 heavy (non-hydrogen) atoms. The second kappa shape index (κ2) is 10.2. The highest BCUT2D eigenvalue weighted by Gasteiger charge is 2.36. The number of benzene rings is 2. The quantitative estimate of drug-likeness (QED) is 0.415. The Morgan fingerprint density at radius 1 is 1.22 bits per heavy atom. The summed E-state index contributed by atoms with van der Waals surface area (Å²) >= 11 is 7.14. The van der Waals surface area contributed by atoms with Gasteiger partial charge in [0, 0.05) is 23.5 Å². The summed E-state index contributed by atoms with van der Waals surface area (Å²) in [6, 6.07) is 9.41. The van der Waals surface area contributed by atoms with Crippen LogP contribution >= 0.6 is 23.4 Å². The second-order valence-corrected chi connectivity index (χ2v) is 10.8. The van der Waals surface area contributed by atoms with E-state index in [2.05, 4.69) is 27.1 Å². The molecule has 0 atom stereocenters. The van der Waals surface area contributed by atoms with E-state index >= 15 is 0 Å². The van der Waals surface area contributed by atoms with Gasteiger partial charge in [-0.05, 0) is 92.1 Å². The number of likely N-dealkylation sites (tertiary alicyclic amines) is 1. The van der Waals surface area contributed by atoms with Crippen molar-refractivity contribution in [1.29, 1.82) is 0 Å². The fourth-order valence-corrected chi connectivity index (χ4v) is 6.00. The maximum atomic E-state index is 13.9. The number of H-pyrrole nitrogens is 1. The van der Waals surface area contributed by atoms with Crippen molar-refractivity contribution in [2.24, 2.45) is 4.99 Å². The molecule has 5 rings (SSSR count). The molecule has 0 unspecified atom stereocenters. The number of hydrogen-bond donors (Lipinski definition) is 1. The lowest BCUT2D eigenvalue weighted by atomic mass is 9.93. The number of aliphatic imine (C=N–C) groups is 1. The van der Waals surface area contributed by atoms with Crippen molar-refractivity contribution in [3.63, 3.8) is 0 Å². The highest BCUT2D eigenvalue weighted by atomic mass is 35.5. The number of allylic oxidation sites excluding steroid dienone is 1. The molecule has 3 heterocycles. The lowest BCUT2D eigenvalue weighted by Crippen LogP contribution is -2.43. The van der Waals surface area contributed by atoms with E-state index in [9.17, 15) is 18.0 Å². The number of aromatic amines is 1. The van der Waals surface area contributed by atoms with E-state index < -0.39 is 17.6 Å². The topological polar surface area (TPSA) is 64.6 Å².